The molecule has 0 saturated heterocycles. The molecule has 0 aliphatic rings. The lowest BCUT2D eigenvalue weighted by Crippen LogP contribution is -2.13. The predicted octanol–water partition coefficient (Wildman–Crippen LogP) is -0.430. The maximum absolute atomic E-state index is 3.30. The molecule has 0 spiro atoms. The molecule has 0 nitrogen and oxygen atoms in total. The first-order valence-corrected chi connectivity index (χ1v) is 8.80. The molecule has 3 aromatic rings. The number of rotatable bonds is 0. The Balaban J connectivity index is 1.87. The molecule has 0 saturated carbocycles. The van der Waals surface area contributed by atoms with Crippen molar-refractivity contribution in [2.45, 2.75) is 6.92 Å². The fourth-order valence-electron chi connectivity index (χ4n) is 2.64. The highest BCUT2D eigenvalue weighted by atomic mass is 14.0. The van der Waals surface area contributed by atoms with Gasteiger partial charge in [0.05, 0.1) is 0 Å². The third-order valence-corrected chi connectivity index (χ3v) is 4.57. The summed E-state index contributed by atoms with van der Waals surface area (Å²) in [6.45, 7) is 2.12. The number of benzene rings is 3. The van der Waals surface area contributed by atoms with Crippen LogP contribution in [-0.2, 0) is 0 Å². The van der Waals surface area contributed by atoms with Crippen LogP contribution in [0.1, 0.15) is 27.8 Å². The van der Waals surface area contributed by atoms with Gasteiger partial charge in [-0.1, -0.05) is 64.3 Å². The highest BCUT2D eigenvalue weighted by molar-refractivity contribution is 6.35. The van der Waals surface area contributed by atoms with Gasteiger partial charge in [-0.2, -0.15) is 0 Å². The molecule has 0 heterocycles. The molecular formula is C23H19B3. The SMILES string of the molecule is Bc1ccc(C#Cc2ccc(C#Cc3ccc(B)cc3)c(C)c2B)cc1. The Morgan fingerprint density at radius 1 is 0.538 bits per heavy atom. The van der Waals surface area contributed by atoms with Crippen LogP contribution in [0.5, 0.6) is 0 Å². The van der Waals surface area contributed by atoms with E-state index in [2.05, 4.69) is 115 Å². The van der Waals surface area contributed by atoms with Gasteiger partial charge >= 0.3 is 0 Å². The van der Waals surface area contributed by atoms with Crippen LogP contribution in [0.25, 0.3) is 0 Å². The molecule has 0 amide bonds. The van der Waals surface area contributed by atoms with Gasteiger partial charge in [0.1, 0.15) is 23.5 Å². The molecule has 3 aromatic carbocycles. The van der Waals surface area contributed by atoms with Crippen LogP contribution in [0, 0.1) is 30.6 Å². The zero-order valence-electron chi connectivity index (χ0n) is 15.8. The van der Waals surface area contributed by atoms with Crippen LogP contribution >= 0.6 is 0 Å². The van der Waals surface area contributed by atoms with E-state index in [-0.39, 0.29) is 0 Å². The van der Waals surface area contributed by atoms with E-state index in [0.29, 0.717) is 0 Å². The van der Waals surface area contributed by atoms with Crippen LogP contribution < -0.4 is 16.4 Å². The maximum Gasteiger partial charge on any atom is 0.141 e. The van der Waals surface area contributed by atoms with Gasteiger partial charge in [-0.25, -0.2) is 0 Å². The first-order valence-electron chi connectivity index (χ1n) is 8.80. The van der Waals surface area contributed by atoms with Crippen molar-refractivity contribution in [1.82, 2.24) is 0 Å². The van der Waals surface area contributed by atoms with Crippen molar-refractivity contribution in [1.29, 1.82) is 0 Å². The lowest BCUT2D eigenvalue weighted by molar-refractivity contribution is 1.46. The van der Waals surface area contributed by atoms with Crippen molar-refractivity contribution in [2.75, 3.05) is 0 Å². The Bertz CT molecular complexity index is 967. The molecule has 120 valence electrons. The normalized spacial score (nSPS) is 9.58. The Hall–Kier alpha value is -3.03. The highest BCUT2D eigenvalue weighted by Gasteiger charge is 2.03. The fraction of sp³-hybridized carbons (Fsp3) is 0.0435. The van der Waals surface area contributed by atoms with Crippen LogP contribution in [0.2, 0.25) is 0 Å². The van der Waals surface area contributed by atoms with E-state index in [4.69, 9.17) is 0 Å². The van der Waals surface area contributed by atoms with Crippen LogP contribution in [0.4, 0.5) is 0 Å². The van der Waals surface area contributed by atoms with Crippen molar-refractivity contribution >= 4 is 39.9 Å². The van der Waals surface area contributed by atoms with Crippen LogP contribution in [-0.4, -0.2) is 23.5 Å². The molecule has 0 aromatic heterocycles. The monoisotopic (exact) mass is 328 g/mol. The minimum Gasteiger partial charge on any atom is -0.0889 e. The molecule has 3 heteroatoms. The minimum atomic E-state index is 1.04. The summed E-state index contributed by atoms with van der Waals surface area (Å²) in [7, 11) is 6.29. The average molecular weight is 328 g/mol. The minimum absolute atomic E-state index is 1.04. The van der Waals surface area contributed by atoms with Gasteiger partial charge < -0.3 is 0 Å². The van der Waals surface area contributed by atoms with Crippen molar-refractivity contribution < 1.29 is 0 Å². The third-order valence-electron chi connectivity index (χ3n) is 4.57. The molecule has 0 radical (unpaired) electrons. The number of hydrogen-bond acceptors (Lipinski definition) is 0. The molecule has 0 atom stereocenters. The Morgan fingerprint density at radius 2 is 0.962 bits per heavy atom. The molecule has 0 fully saturated rings. The van der Waals surface area contributed by atoms with Gasteiger partial charge in [0.2, 0.25) is 0 Å². The fourth-order valence-corrected chi connectivity index (χ4v) is 2.64. The maximum atomic E-state index is 3.30. The van der Waals surface area contributed by atoms with Crippen molar-refractivity contribution in [2.24, 2.45) is 0 Å². The van der Waals surface area contributed by atoms with E-state index in [0.717, 1.165) is 22.3 Å². The quantitative estimate of drug-likeness (QED) is 0.388. The van der Waals surface area contributed by atoms with E-state index in [1.807, 2.05) is 0 Å². The van der Waals surface area contributed by atoms with Gasteiger partial charge in [0, 0.05) is 22.3 Å². The third kappa shape index (κ3) is 4.33. The summed E-state index contributed by atoms with van der Waals surface area (Å²) >= 11 is 0. The standard InChI is InChI=1S/C23H19B3/c1-16-19(8-2-17-4-12-21(24)13-5-17)10-11-20(23(16)26)9-3-18-6-14-22(25)15-7-18/h4-7,10-15H,24-26H2,1H3. The zero-order valence-corrected chi connectivity index (χ0v) is 15.8. The van der Waals surface area contributed by atoms with E-state index in [1.54, 1.807) is 0 Å². The van der Waals surface area contributed by atoms with Gasteiger partial charge in [0.25, 0.3) is 0 Å². The highest BCUT2D eigenvalue weighted by Crippen LogP contribution is 2.07. The summed E-state index contributed by atoms with van der Waals surface area (Å²) in [5.74, 6) is 13.1. The Labute approximate surface area is 159 Å². The zero-order chi connectivity index (χ0) is 18.5. The molecule has 3 rings (SSSR count). The Morgan fingerprint density at radius 3 is 1.46 bits per heavy atom. The molecular weight excluding hydrogens is 309 g/mol. The largest absolute Gasteiger partial charge is 0.141 e. The van der Waals surface area contributed by atoms with E-state index in [9.17, 15) is 0 Å². The first-order chi connectivity index (χ1) is 12.5. The summed E-state index contributed by atoms with van der Waals surface area (Å²) in [4.78, 5) is 0. The predicted molar refractivity (Wildman–Crippen MR) is 121 cm³/mol. The molecule has 0 bridgehead atoms. The van der Waals surface area contributed by atoms with Crippen LogP contribution in [0.15, 0.2) is 60.7 Å². The second-order valence-corrected chi connectivity index (χ2v) is 6.64. The van der Waals surface area contributed by atoms with Gasteiger partial charge in [-0.3, -0.25) is 0 Å². The topological polar surface area (TPSA) is 0 Å². The average Bonchev–Trinajstić information content (AvgIpc) is 2.65. The van der Waals surface area contributed by atoms with Gasteiger partial charge in [-0.15, -0.1) is 0 Å². The van der Waals surface area contributed by atoms with Crippen molar-refractivity contribution in [3.8, 4) is 23.7 Å². The molecule has 0 aliphatic heterocycles. The molecule has 0 unspecified atom stereocenters. The van der Waals surface area contributed by atoms with E-state index < -0.39 is 0 Å². The second kappa shape index (κ2) is 7.90. The number of hydrogen-bond donors (Lipinski definition) is 0. The van der Waals surface area contributed by atoms with Crippen molar-refractivity contribution in [3.63, 3.8) is 0 Å². The molecule has 0 N–H and O–H groups in total. The summed E-state index contributed by atoms with van der Waals surface area (Å²) in [6.07, 6.45) is 0. The summed E-state index contributed by atoms with van der Waals surface area (Å²) in [5.41, 5.74) is 9.08. The second-order valence-electron chi connectivity index (χ2n) is 6.64. The van der Waals surface area contributed by atoms with E-state index in [1.165, 1.54) is 22.0 Å². The first kappa shape index (κ1) is 17.8. The Kier molecular flexibility index (Phi) is 5.41. The molecule has 0 aliphatic carbocycles. The van der Waals surface area contributed by atoms with E-state index >= 15 is 0 Å². The van der Waals surface area contributed by atoms with Crippen molar-refractivity contribution in [3.05, 3.63) is 88.5 Å². The lowest BCUT2D eigenvalue weighted by atomic mass is 9.84. The summed E-state index contributed by atoms with van der Waals surface area (Å²) < 4.78 is 0. The van der Waals surface area contributed by atoms with Gasteiger partial charge in [-0.05, 0) is 48.9 Å². The summed E-state index contributed by atoms with van der Waals surface area (Å²) in [6, 6.07) is 20.7. The smallest absolute Gasteiger partial charge is 0.0889 e. The lowest BCUT2D eigenvalue weighted by Gasteiger charge is -2.06. The van der Waals surface area contributed by atoms with Crippen LogP contribution in [0.3, 0.4) is 0 Å². The summed E-state index contributed by atoms with van der Waals surface area (Å²) in [5, 5.41) is 0. The van der Waals surface area contributed by atoms with Gasteiger partial charge in [0.15, 0.2) is 0 Å². The molecule has 26 heavy (non-hydrogen) atoms.